The van der Waals surface area contributed by atoms with Crippen molar-refractivity contribution in [2.45, 2.75) is 0 Å². The van der Waals surface area contributed by atoms with Crippen molar-refractivity contribution in [3.05, 3.63) is 0 Å². The smallest absolute Gasteiger partial charge is 0.0701 e. The van der Waals surface area contributed by atoms with Gasteiger partial charge in [-0.25, -0.2) is 0 Å². The summed E-state index contributed by atoms with van der Waals surface area (Å²) in [4.78, 5) is 0. The molecular formula is C6H14O2S2. The molecule has 0 radical (unpaired) electrons. The van der Waals surface area contributed by atoms with Crippen molar-refractivity contribution in [3.8, 4) is 0 Å². The Morgan fingerprint density at radius 1 is 0.800 bits per heavy atom. The van der Waals surface area contributed by atoms with Crippen molar-refractivity contribution in [1.29, 1.82) is 0 Å². The van der Waals surface area contributed by atoms with Crippen LogP contribution < -0.4 is 0 Å². The Labute approximate surface area is 70.4 Å². The summed E-state index contributed by atoms with van der Waals surface area (Å²) in [5, 5.41) is 0. The van der Waals surface area contributed by atoms with E-state index >= 15 is 0 Å². The highest BCUT2D eigenvalue weighted by atomic mass is 33.1. The van der Waals surface area contributed by atoms with Crippen molar-refractivity contribution >= 4 is 21.6 Å². The van der Waals surface area contributed by atoms with Crippen molar-refractivity contribution in [2.75, 3.05) is 38.9 Å². The molecule has 0 amide bonds. The van der Waals surface area contributed by atoms with E-state index in [9.17, 15) is 0 Å². The van der Waals surface area contributed by atoms with E-state index in [-0.39, 0.29) is 0 Å². The molecule has 1 rings (SSSR count). The van der Waals surface area contributed by atoms with Crippen LogP contribution in [0.15, 0.2) is 0 Å². The fourth-order valence-electron chi connectivity index (χ4n) is 0.440. The van der Waals surface area contributed by atoms with Gasteiger partial charge in [0.1, 0.15) is 0 Å². The first-order chi connectivity index (χ1) is 4.91. The molecule has 0 bridgehead atoms. The maximum Gasteiger partial charge on any atom is 0.0701 e. The van der Waals surface area contributed by atoms with Gasteiger partial charge in [0.2, 0.25) is 0 Å². The van der Waals surface area contributed by atoms with Crippen molar-refractivity contribution in [1.82, 2.24) is 0 Å². The summed E-state index contributed by atoms with van der Waals surface area (Å²) in [5.74, 6) is 0. The number of hydrogen-bond donors (Lipinski definition) is 0. The van der Waals surface area contributed by atoms with E-state index in [1.165, 1.54) is 0 Å². The van der Waals surface area contributed by atoms with Gasteiger partial charge in [-0.3, -0.25) is 0 Å². The van der Waals surface area contributed by atoms with Gasteiger partial charge in [0, 0.05) is 0 Å². The molecule has 0 spiro atoms. The van der Waals surface area contributed by atoms with Crippen LogP contribution in [0.1, 0.15) is 0 Å². The van der Waals surface area contributed by atoms with Crippen molar-refractivity contribution in [2.24, 2.45) is 0 Å². The Hall–Kier alpha value is 0.620. The molecule has 10 heavy (non-hydrogen) atoms. The molecule has 0 aliphatic carbocycles. The van der Waals surface area contributed by atoms with Gasteiger partial charge in [0.05, 0.1) is 26.4 Å². The molecule has 4 heteroatoms. The summed E-state index contributed by atoms with van der Waals surface area (Å²) in [7, 11) is 3.55. The summed E-state index contributed by atoms with van der Waals surface area (Å²) in [6.07, 6.45) is 4.12. The Balaban J connectivity index is 0.000000180. The highest BCUT2D eigenvalue weighted by Gasteiger charge is 1.94. The summed E-state index contributed by atoms with van der Waals surface area (Å²) in [6.45, 7) is 3.11. The fourth-order valence-corrected chi connectivity index (χ4v) is 0.440. The Kier molecular flexibility index (Phi) is 10.2. The van der Waals surface area contributed by atoms with Crippen molar-refractivity contribution < 1.29 is 9.47 Å². The van der Waals surface area contributed by atoms with E-state index < -0.39 is 0 Å². The van der Waals surface area contributed by atoms with E-state index in [0.717, 1.165) is 26.4 Å². The topological polar surface area (TPSA) is 18.5 Å². The fraction of sp³-hybridized carbons (Fsp3) is 1.00. The third-order valence-electron chi connectivity index (χ3n) is 0.911. The van der Waals surface area contributed by atoms with Crippen molar-refractivity contribution in [3.63, 3.8) is 0 Å². The quantitative estimate of drug-likeness (QED) is 0.574. The molecule has 2 nitrogen and oxygen atoms in total. The first-order valence-electron chi connectivity index (χ1n) is 3.14. The van der Waals surface area contributed by atoms with E-state index in [2.05, 4.69) is 12.5 Å². The normalized spacial score (nSPS) is 17.4. The summed E-state index contributed by atoms with van der Waals surface area (Å²) < 4.78 is 9.89. The number of rotatable bonds is 1. The predicted molar refractivity (Wildman–Crippen MR) is 48.7 cm³/mol. The minimum atomic E-state index is 0.778. The van der Waals surface area contributed by atoms with E-state index in [4.69, 9.17) is 9.47 Å². The van der Waals surface area contributed by atoms with E-state index in [1.807, 2.05) is 0 Å². The third-order valence-corrected chi connectivity index (χ3v) is 2.24. The minimum Gasteiger partial charge on any atom is -0.377 e. The first-order valence-corrected chi connectivity index (χ1v) is 6.10. The van der Waals surface area contributed by atoms with Gasteiger partial charge in [-0.1, -0.05) is 21.6 Å². The molecule has 0 aromatic rings. The second-order valence-corrected chi connectivity index (χ2v) is 4.22. The van der Waals surface area contributed by atoms with Crippen LogP contribution in [-0.4, -0.2) is 38.9 Å². The summed E-state index contributed by atoms with van der Waals surface area (Å²) >= 11 is 0. The Morgan fingerprint density at radius 3 is 1.20 bits per heavy atom. The monoisotopic (exact) mass is 182 g/mol. The zero-order chi connectivity index (χ0) is 7.66. The maximum absolute atomic E-state index is 4.94. The molecule has 1 aliphatic heterocycles. The molecule has 0 saturated carbocycles. The molecule has 1 fully saturated rings. The maximum atomic E-state index is 4.94. The van der Waals surface area contributed by atoms with E-state index in [0.29, 0.717) is 0 Å². The van der Waals surface area contributed by atoms with Gasteiger partial charge in [0.15, 0.2) is 0 Å². The SMILES string of the molecule is C1COCCO1.CSSC. The lowest BCUT2D eigenvalue weighted by Gasteiger charge is -2.09. The summed E-state index contributed by atoms with van der Waals surface area (Å²) in [5.41, 5.74) is 0. The van der Waals surface area contributed by atoms with Gasteiger partial charge in [-0.2, -0.15) is 0 Å². The molecular weight excluding hydrogens is 168 g/mol. The molecule has 0 unspecified atom stereocenters. The molecule has 0 aromatic carbocycles. The molecule has 1 saturated heterocycles. The van der Waals surface area contributed by atoms with Crippen LogP contribution in [0.3, 0.4) is 0 Å². The molecule has 62 valence electrons. The second-order valence-electron chi connectivity index (χ2n) is 1.56. The standard InChI is InChI=1S/C4H8O2.C2H6S2/c1-2-6-4-3-5-1;1-3-4-2/h1-4H2;1-2H3. The Bertz CT molecular complexity index is 44.2. The van der Waals surface area contributed by atoms with Crippen LogP contribution >= 0.6 is 21.6 Å². The highest BCUT2D eigenvalue weighted by molar-refractivity contribution is 8.76. The first kappa shape index (κ1) is 10.6. The zero-order valence-corrected chi connectivity index (χ0v) is 8.09. The minimum absolute atomic E-state index is 0.778. The molecule has 1 aliphatic rings. The van der Waals surface area contributed by atoms with Gasteiger partial charge < -0.3 is 9.47 Å². The predicted octanol–water partition coefficient (Wildman–Crippen LogP) is 1.66. The zero-order valence-electron chi connectivity index (χ0n) is 6.46. The third kappa shape index (κ3) is 8.62. The van der Waals surface area contributed by atoms with Crippen LogP contribution in [0.4, 0.5) is 0 Å². The van der Waals surface area contributed by atoms with Gasteiger partial charge in [-0.15, -0.1) is 0 Å². The summed E-state index contributed by atoms with van der Waals surface area (Å²) in [6, 6.07) is 0. The van der Waals surface area contributed by atoms with Crippen LogP contribution in [0.5, 0.6) is 0 Å². The molecule has 0 atom stereocenters. The van der Waals surface area contributed by atoms with Gasteiger partial charge in [0.25, 0.3) is 0 Å². The molecule has 1 heterocycles. The van der Waals surface area contributed by atoms with Crippen LogP contribution in [-0.2, 0) is 9.47 Å². The van der Waals surface area contributed by atoms with Crippen LogP contribution in [0.25, 0.3) is 0 Å². The Morgan fingerprint density at radius 2 is 1.10 bits per heavy atom. The largest absolute Gasteiger partial charge is 0.377 e. The highest BCUT2D eigenvalue weighted by Crippen LogP contribution is 2.09. The average molecular weight is 182 g/mol. The molecule has 0 N–H and O–H groups in total. The number of ether oxygens (including phenoxy) is 2. The number of hydrogen-bond acceptors (Lipinski definition) is 4. The lowest BCUT2D eigenvalue weighted by Crippen LogP contribution is -2.16. The van der Waals surface area contributed by atoms with Crippen LogP contribution in [0.2, 0.25) is 0 Å². The van der Waals surface area contributed by atoms with E-state index in [1.54, 1.807) is 21.6 Å². The second kappa shape index (κ2) is 9.62. The lowest BCUT2D eigenvalue weighted by atomic mass is 10.6. The van der Waals surface area contributed by atoms with Gasteiger partial charge in [-0.05, 0) is 12.5 Å². The van der Waals surface area contributed by atoms with Crippen LogP contribution in [0, 0.1) is 0 Å². The average Bonchev–Trinajstić information content (AvgIpc) is 2.08. The lowest BCUT2D eigenvalue weighted by molar-refractivity contribution is -0.0334. The molecule has 0 aromatic heterocycles. The van der Waals surface area contributed by atoms with Gasteiger partial charge >= 0.3 is 0 Å².